The van der Waals surface area contributed by atoms with Gasteiger partial charge in [-0.2, -0.15) is 0 Å². The molecule has 1 N–H and O–H groups in total. The van der Waals surface area contributed by atoms with Gasteiger partial charge < -0.3 is 5.32 Å². The minimum atomic E-state index is -0.0202. The second-order valence-electron chi connectivity index (χ2n) is 3.97. The normalized spacial score (nSPS) is 17.4. The monoisotopic (exact) mass is 271 g/mol. The third-order valence-corrected chi connectivity index (χ3v) is 3.77. The molecule has 3 rings (SSSR count). The van der Waals surface area contributed by atoms with Gasteiger partial charge in [-0.25, -0.2) is 0 Å². The molecule has 1 aliphatic heterocycles. The maximum atomic E-state index is 11.6. The van der Waals surface area contributed by atoms with Crippen molar-refractivity contribution >= 4 is 50.3 Å². The van der Waals surface area contributed by atoms with E-state index in [-0.39, 0.29) is 5.12 Å². The van der Waals surface area contributed by atoms with E-state index < -0.39 is 0 Å². The first-order valence-electron chi connectivity index (χ1n) is 5.46. The summed E-state index contributed by atoms with van der Waals surface area (Å²) in [5.74, 6) is 0. The van der Waals surface area contributed by atoms with Crippen molar-refractivity contribution in [2.75, 3.05) is 0 Å². The number of rotatable bonds is 1. The van der Waals surface area contributed by atoms with E-state index in [9.17, 15) is 4.79 Å². The lowest BCUT2D eigenvalue weighted by Crippen LogP contribution is -2.09. The van der Waals surface area contributed by atoms with E-state index in [1.165, 1.54) is 5.39 Å². The van der Waals surface area contributed by atoms with Gasteiger partial charge in [0.05, 0.1) is 5.70 Å². The van der Waals surface area contributed by atoms with Crippen LogP contribution in [0.4, 0.5) is 0 Å². The second-order valence-corrected chi connectivity index (χ2v) is 5.62. The van der Waals surface area contributed by atoms with Crippen LogP contribution in [-0.2, 0) is 4.79 Å². The van der Waals surface area contributed by atoms with E-state index in [0.29, 0.717) is 10.0 Å². The molecule has 1 aliphatic rings. The molecular formula is C14H9NOS2. The fraction of sp³-hybridized carbons (Fsp3) is 0. The van der Waals surface area contributed by atoms with Crippen LogP contribution in [0.25, 0.3) is 16.8 Å². The highest BCUT2D eigenvalue weighted by Gasteiger charge is 2.21. The molecule has 0 bridgehead atoms. The maximum absolute atomic E-state index is 11.6. The lowest BCUT2D eigenvalue weighted by atomic mass is 10.1. The van der Waals surface area contributed by atoms with Gasteiger partial charge in [0.1, 0.15) is 4.32 Å². The smallest absolute Gasteiger partial charge is 0.242 e. The molecule has 1 fully saturated rings. The summed E-state index contributed by atoms with van der Waals surface area (Å²) < 4.78 is 0.520. The molecule has 18 heavy (non-hydrogen) atoms. The van der Waals surface area contributed by atoms with Gasteiger partial charge in [0.25, 0.3) is 0 Å². The van der Waals surface area contributed by atoms with Gasteiger partial charge in [0, 0.05) is 0 Å². The zero-order chi connectivity index (χ0) is 12.5. The Morgan fingerprint density at radius 2 is 1.89 bits per heavy atom. The molecule has 0 saturated carbocycles. The molecule has 2 nitrogen and oxygen atoms in total. The van der Waals surface area contributed by atoms with Crippen LogP contribution in [-0.4, -0.2) is 9.44 Å². The summed E-state index contributed by atoms with van der Waals surface area (Å²) >= 11 is 6.02. The van der Waals surface area contributed by atoms with E-state index in [1.807, 2.05) is 30.3 Å². The fourth-order valence-electron chi connectivity index (χ4n) is 1.88. The van der Waals surface area contributed by atoms with Gasteiger partial charge in [0.2, 0.25) is 5.12 Å². The van der Waals surface area contributed by atoms with Crippen molar-refractivity contribution in [3.05, 3.63) is 53.7 Å². The number of thioether (sulfide) groups is 1. The van der Waals surface area contributed by atoms with E-state index in [0.717, 1.165) is 22.7 Å². The van der Waals surface area contributed by atoms with Gasteiger partial charge in [-0.05, 0) is 40.2 Å². The van der Waals surface area contributed by atoms with Crippen LogP contribution >= 0.6 is 24.0 Å². The van der Waals surface area contributed by atoms with Crippen LogP contribution in [0.5, 0.6) is 0 Å². The Morgan fingerprint density at radius 1 is 1.11 bits per heavy atom. The number of carbonyl (C=O) groups excluding carboxylic acids is 1. The van der Waals surface area contributed by atoms with E-state index in [2.05, 4.69) is 23.5 Å². The molecule has 0 atom stereocenters. The first-order valence-corrected chi connectivity index (χ1v) is 6.68. The Hall–Kier alpha value is -1.65. The number of nitrogens with one attached hydrogen (secondary N) is 1. The van der Waals surface area contributed by atoms with Crippen molar-refractivity contribution in [3.8, 4) is 0 Å². The third kappa shape index (κ3) is 2.17. The van der Waals surface area contributed by atoms with Crippen molar-refractivity contribution in [1.29, 1.82) is 0 Å². The van der Waals surface area contributed by atoms with Crippen molar-refractivity contribution in [3.63, 3.8) is 0 Å². The average molecular weight is 271 g/mol. The Morgan fingerprint density at radius 3 is 2.61 bits per heavy atom. The summed E-state index contributed by atoms with van der Waals surface area (Å²) in [5, 5.41) is 5.24. The zero-order valence-corrected chi connectivity index (χ0v) is 11.0. The summed E-state index contributed by atoms with van der Waals surface area (Å²) in [7, 11) is 0. The van der Waals surface area contributed by atoms with Crippen LogP contribution in [0.15, 0.2) is 48.2 Å². The predicted molar refractivity (Wildman–Crippen MR) is 80.3 cm³/mol. The van der Waals surface area contributed by atoms with E-state index in [1.54, 1.807) is 0 Å². The van der Waals surface area contributed by atoms with Crippen molar-refractivity contribution in [2.45, 2.75) is 0 Å². The first kappa shape index (κ1) is 11.4. The van der Waals surface area contributed by atoms with Crippen molar-refractivity contribution < 1.29 is 4.79 Å². The predicted octanol–water partition coefficient (Wildman–Crippen LogP) is 3.33. The number of fused-ring (bicyclic) bond motifs is 1. The van der Waals surface area contributed by atoms with Gasteiger partial charge in [-0.15, -0.1) is 0 Å². The SMILES string of the molecule is O=C1SC(=S)NC1=Cc1ccc2ccccc2c1. The summed E-state index contributed by atoms with van der Waals surface area (Å²) in [6, 6.07) is 14.2. The molecule has 0 aliphatic carbocycles. The molecule has 0 radical (unpaired) electrons. The Labute approximate surface area is 114 Å². The molecule has 0 spiro atoms. The number of thiocarbonyl (C=S) groups is 1. The topological polar surface area (TPSA) is 29.1 Å². The third-order valence-electron chi connectivity index (χ3n) is 2.73. The van der Waals surface area contributed by atoms with E-state index in [4.69, 9.17) is 12.2 Å². The summed E-state index contributed by atoms with van der Waals surface area (Å²) in [6.45, 7) is 0. The first-order chi connectivity index (χ1) is 8.72. The molecule has 0 unspecified atom stereocenters. The molecule has 2 aromatic carbocycles. The fourth-order valence-corrected chi connectivity index (χ4v) is 2.77. The highest BCUT2D eigenvalue weighted by molar-refractivity contribution is 8.33. The summed E-state index contributed by atoms with van der Waals surface area (Å²) in [6.07, 6.45) is 1.83. The standard InChI is InChI=1S/C14H9NOS2/c16-13-12(15-14(17)18-13)8-9-5-6-10-3-1-2-4-11(10)7-9/h1-8H,(H,15,17). The maximum Gasteiger partial charge on any atom is 0.242 e. The largest absolute Gasteiger partial charge is 0.337 e. The Bertz CT molecular complexity index is 691. The number of hydrogen-bond acceptors (Lipinski definition) is 3. The van der Waals surface area contributed by atoms with Gasteiger partial charge in [0.15, 0.2) is 0 Å². The molecule has 1 saturated heterocycles. The van der Waals surface area contributed by atoms with Crippen LogP contribution < -0.4 is 5.32 Å². The summed E-state index contributed by atoms with van der Waals surface area (Å²) in [4.78, 5) is 11.6. The minimum absolute atomic E-state index is 0.0202. The molecule has 2 aromatic rings. The van der Waals surface area contributed by atoms with Crippen LogP contribution in [0.3, 0.4) is 0 Å². The lowest BCUT2D eigenvalue weighted by Gasteiger charge is -2.00. The molecular weight excluding hydrogens is 262 g/mol. The Kier molecular flexibility index (Phi) is 2.89. The molecule has 0 amide bonds. The summed E-state index contributed by atoms with van der Waals surface area (Å²) in [5.41, 5.74) is 1.55. The van der Waals surface area contributed by atoms with Gasteiger partial charge in [-0.1, -0.05) is 48.6 Å². The van der Waals surface area contributed by atoms with Crippen LogP contribution in [0.1, 0.15) is 5.56 Å². The molecule has 1 heterocycles. The van der Waals surface area contributed by atoms with Crippen molar-refractivity contribution in [2.24, 2.45) is 0 Å². The number of hydrogen-bond donors (Lipinski definition) is 1. The Balaban J connectivity index is 2.02. The quantitative estimate of drug-likeness (QED) is 0.636. The van der Waals surface area contributed by atoms with Crippen LogP contribution in [0, 0.1) is 0 Å². The highest BCUT2D eigenvalue weighted by atomic mass is 32.2. The lowest BCUT2D eigenvalue weighted by molar-refractivity contribution is -0.107. The number of carbonyl (C=O) groups is 1. The highest BCUT2D eigenvalue weighted by Crippen LogP contribution is 2.22. The molecule has 0 aromatic heterocycles. The van der Waals surface area contributed by atoms with Gasteiger partial charge in [-0.3, -0.25) is 4.79 Å². The van der Waals surface area contributed by atoms with Crippen LogP contribution in [0.2, 0.25) is 0 Å². The minimum Gasteiger partial charge on any atom is -0.337 e. The average Bonchev–Trinajstić information content (AvgIpc) is 2.68. The van der Waals surface area contributed by atoms with Gasteiger partial charge >= 0.3 is 0 Å². The second kappa shape index (κ2) is 4.55. The zero-order valence-electron chi connectivity index (χ0n) is 9.34. The number of benzene rings is 2. The van der Waals surface area contributed by atoms with E-state index >= 15 is 0 Å². The molecule has 4 heteroatoms. The molecule has 88 valence electrons. The van der Waals surface area contributed by atoms with Crippen molar-refractivity contribution in [1.82, 2.24) is 5.32 Å².